The molecular formula is C16H17I2N3. The van der Waals surface area contributed by atoms with E-state index in [1.54, 1.807) is 0 Å². The molecule has 3 rings (SSSR count). The van der Waals surface area contributed by atoms with E-state index in [-0.39, 0.29) is 5.66 Å². The quantitative estimate of drug-likeness (QED) is 0.390. The second kappa shape index (κ2) is 6.29. The van der Waals surface area contributed by atoms with E-state index in [1.807, 2.05) is 0 Å². The van der Waals surface area contributed by atoms with Gasteiger partial charge in [0.05, 0.1) is 40.8 Å². The number of nitrogens with zero attached hydrogens (tertiary/aromatic N) is 2. The van der Waals surface area contributed by atoms with Crippen molar-refractivity contribution in [3.63, 3.8) is 0 Å². The summed E-state index contributed by atoms with van der Waals surface area (Å²) < 4.78 is 3.07. The van der Waals surface area contributed by atoms with Gasteiger partial charge in [0, 0.05) is 11.0 Å². The molecule has 1 atom stereocenters. The van der Waals surface area contributed by atoms with E-state index in [0.717, 1.165) is 17.5 Å². The first kappa shape index (κ1) is 15.4. The van der Waals surface area contributed by atoms with E-state index in [9.17, 15) is 0 Å². The summed E-state index contributed by atoms with van der Waals surface area (Å²) in [6.07, 6.45) is 0. The van der Waals surface area contributed by atoms with Gasteiger partial charge in [0.15, 0.2) is 0 Å². The topological polar surface area (TPSA) is 32.5 Å². The highest BCUT2D eigenvalue weighted by atomic mass is 127. The molecule has 1 heterocycles. The third kappa shape index (κ3) is 3.00. The molecule has 110 valence electrons. The summed E-state index contributed by atoms with van der Waals surface area (Å²) >= 11 is 4.73. The molecular weight excluding hydrogens is 488 g/mol. The summed E-state index contributed by atoms with van der Waals surface area (Å²) in [5, 5.41) is 0. The summed E-state index contributed by atoms with van der Waals surface area (Å²) in [6, 6.07) is 19.1. The molecule has 1 aliphatic heterocycles. The fourth-order valence-electron chi connectivity index (χ4n) is 2.65. The maximum absolute atomic E-state index is 6.63. The zero-order valence-corrected chi connectivity index (χ0v) is 15.9. The van der Waals surface area contributed by atoms with Gasteiger partial charge in [0.25, 0.3) is 0 Å². The molecule has 1 aliphatic rings. The fourth-order valence-corrected chi connectivity index (χ4v) is 4.62. The van der Waals surface area contributed by atoms with Gasteiger partial charge in [-0.05, 0) is 17.7 Å². The highest BCUT2D eigenvalue weighted by Gasteiger charge is 2.39. The number of para-hydroxylation sites is 2. The van der Waals surface area contributed by atoms with Gasteiger partial charge in [0.1, 0.15) is 5.66 Å². The molecule has 0 saturated carbocycles. The van der Waals surface area contributed by atoms with Gasteiger partial charge in [-0.1, -0.05) is 65.1 Å². The van der Waals surface area contributed by atoms with Crippen molar-refractivity contribution in [1.82, 2.24) is 0 Å². The second-order valence-electron chi connectivity index (χ2n) is 5.35. The maximum Gasteiger partial charge on any atom is 0.125 e. The van der Waals surface area contributed by atoms with Gasteiger partial charge >= 0.3 is 0 Å². The van der Waals surface area contributed by atoms with Crippen LogP contribution in [0, 0.1) is 0 Å². The van der Waals surface area contributed by atoms with Crippen molar-refractivity contribution in [2.24, 2.45) is 5.73 Å². The number of hydrogen-bond donors (Lipinski definition) is 1. The Kier molecular flexibility index (Phi) is 4.60. The molecule has 0 bridgehead atoms. The Bertz CT molecular complexity index is 620. The number of halogens is 2. The molecule has 2 N–H and O–H groups in total. The number of nitrogens with two attached hydrogens (primary N) is 1. The summed E-state index contributed by atoms with van der Waals surface area (Å²) in [7, 11) is 0. The van der Waals surface area contributed by atoms with Crippen LogP contribution >= 0.6 is 45.5 Å². The smallest absolute Gasteiger partial charge is 0.125 e. The van der Waals surface area contributed by atoms with Crippen molar-refractivity contribution in [2.75, 3.05) is 19.0 Å². The van der Waals surface area contributed by atoms with Gasteiger partial charge in [0.2, 0.25) is 0 Å². The first-order valence-corrected chi connectivity index (χ1v) is 9.32. The van der Waals surface area contributed by atoms with Gasteiger partial charge in [-0.2, -0.15) is 0 Å². The Morgan fingerprint density at radius 3 is 2.29 bits per heavy atom. The van der Waals surface area contributed by atoms with Crippen molar-refractivity contribution >= 4 is 56.8 Å². The molecule has 0 aliphatic carbocycles. The first-order valence-electron chi connectivity index (χ1n) is 6.83. The Morgan fingerprint density at radius 2 is 1.62 bits per heavy atom. The standard InChI is InChI=1S/C16H17I2N3/c17-11-16(19)12-20(10-13-6-2-1-3-7-13)14-8-4-5-9-15(14)21(16)18/h1-9H,10-12,19H2. The third-order valence-corrected chi connectivity index (χ3v) is 6.54. The average molecular weight is 505 g/mol. The zero-order valence-electron chi connectivity index (χ0n) is 11.5. The van der Waals surface area contributed by atoms with Gasteiger partial charge in [-0.15, -0.1) is 0 Å². The lowest BCUT2D eigenvalue weighted by Gasteiger charge is -2.47. The highest BCUT2D eigenvalue weighted by Crippen LogP contribution is 2.41. The largest absolute Gasteiger partial charge is 0.362 e. The first-order chi connectivity index (χ1) is 10.1. The molecule has 0 spiro atoms. The van der Waals surface area contributed by atoms with Crippen LogP contribution in [0.2, 0.25) is 0 Å². The van der Waals surface area contributed by atoms with E-state index in [0.29, 0.717) is 0 Å². The monoisotopic (exact) mass is 505 g/mol. The Hall–Kier alpha value is -0.540. The second-order valence-corrected chi connectivity index (χ2v) is 7.08. The van der Waals surface area contributed by atoms with Crippen LogP contribution in [0.1, 0.15) is 5.56 Å². The van der Waals surface area contributed by atoms with Crippen molar-refractivity contribution in [1.29, 1.82) is 0 Å². The normalized spacial score (nSPS) is 21.3. The van der Waals surface area contributed by atoms with Gasteiger partial charge in [-0.3, -0.25) is 3.11 Å². The molecule has 5 heteroatoms. The number of hydrogen-bond acceptors (Lipinski definition) is 3. The number of fused-ring (bicyclic) bond motifs is 1. The van der Waals surface area contributed by atoms with Crippen molar-refractivity contribution in [3.05, 3.63) is 60.2 Å². The molecule has 1 unspecified atom stereocenters. The number of alkyl halides is 1. The minimum Gasteiger partial charge on any atom is -0.362 e. The van der Waals surface area contributed by atoms with Gasteiger partial charge < -0.3 is 10.6 Å². The summed E-state index contributed by atoms with van der Waals surface area (Å²) in [4.78, 5) is 2.39. The predicted molar refractivity (Wildman–Crippen MR) is 106 cm³/mol. The van der Waals surface area contributed by atoms with Crippen LogP contribution in [0.3, 0.4) is 0 Å². The van der Waals surface area contributed by atoms with Gasteiger partial charge in [-0.25, -0.2) is 0 Å². The fraction of sp³-hybridized carbons (Fsp3) is 0.250. The minimum absolute atomic E-state index is 0.343. The summed E-state index contributed by atoms with van der Waals surface area (Å²) in [5.74, 6) is 0. The molecule has 2 aromatic carbocycles. The average Bonchev–Trinajstić information content (AvgIpc) is 2.53. The summed E-state index contributed by atoms with van der Waals surface area (Å²) in [5.41, 5.74) is 10.0. The van der Waals surface area contributed by atoms with Crippen molar-refractivity contribution in [2.45, 2.75) is 12.2 Å². The van der Waals surface area contributed by atoms with Crippen LogP contribution in [0.15, 0.2) is 54.6 Å². The molecule has 0 radical (unpaired) electrons. The Labute approximate surface area is 153 Å². The third-order valence-electron chi connectivity index (χ3n) is 3.74. The van der Waals surface area contributed by atoms with E-state index in [4.69, 9.17) is 5.73 Å². The van der Waals surface area contributed by atoms with Crippen LogP contribution in [0.4, 0.5) is 11.4 Å². The zero-order chi connectivity index (χ0) is 14.9. The number of benzene rings is 2. The van der Waals surface area contributed by atoms with Crippen LogP contribution in [-0.2, 0) is 6.54 Å². The Morgan fingerprint density at radius 1 is 1.00 bits per heavy atom. The molecule has 0 fully saturated rings. The van der Waals surface area contributed by atoms with Crippen LogP contribution in [0.5, 0.6) is 0 Å². The van der Waals surface area contributed by atoms with Crippen LogP contribution in [0.25, 0.3) is 0 Å². The predicted octanol–water partition coefficient (Wildman–Crippen LogP) is 3.95. The Balaban J connectivity index is 1.98. The lowest BCUT2D eigenvalue weighted by atomic mass is 10.1. The van der Waals surface area contributed by atoms with E-state index >= 15 is 0 Å². The highest BCUT2D eigenvalue weighted by molar-refractivity contribution is 14.1. The molecule has 0 amide bonds. The maximum atomic E-state index is 6.63. The van der Waals surface area contributed by atoms with E-state index < -0.39 is 0 Å². The van der Waals surface area contributed by atoms with E-state index in [2.05, 4.69) is 108 Å². The van der Waals surface area contributed by atoms with Crippen molar-refractivity contribution in [3.8, 4) is 0 Å². The minimum atomic E-state index is -0.343. The number of rotatable bonds is 3. The molecule has 2 aromatic rings. The lowest BCUT2D eigenvalue weighted by Crippen LogP contribution is -2.63. The van der Waals surface area contributed by atoms with Crippen LogP contribution < -0.4 is 13.7 Å². The molecule has 0 saturated heterocycles. The molecule has 3 nitrogen and oxygen atoms in total. The summed E-state index contributed by atoms with van der Waals surface area (Å²) in [6.45, 7) is 1.71. The van der Waals surface area contributed by atoms with E-state index in [1.165, 1.54) is 16.9 Å². The van der Waals surface area contributed by atoms with Crippen LogP contribution in [-0.4, -0.2) is 16.6 Å². The lowest BCUT2D eigenvalue weighted by molar-refractivity contribution is 0.496. The van der Waals surface area contributed by atoms with Crippen molar-refractivity contribution < 1.29 is 0 Å². The molecule has 21 heavy (non-hydrogen) atoms. The SMILES string of the molecule is NC1(CI)CN(Cc2ccccc2)c2ccccc2N1I. The number of anilines is 2. The molecule has 0 aromatic heterocycles.